The highest BCUT2D eigenvalue weighted by Crippen LogP contribution is 2.44. The molecule has 0 amide bonds. The molecule has 1 aliphatic heterocycles. The number of hydrogen-bond acceptors (Lipinski definition) is 4. The minimum Gasteiger partial charge on any atom is -0.355 e. The third-order valence-electron chi connectivity index (χ3n) is 15.1. The summed E-state index contributed by atoms with van der Waals surface area (Å²) in [5.41, 5.74) is 16.8. The minimum absolute atomic E-state index is 0.000679. The number of allylic oxidation sites excluding steroid dienone is 15. The fraction of sp³-hybridized carbons (Fsp3) is 0.213. The Bertz CT molecular complexity index is 3280. The lowest BCUT2D eigenvalue weighted by Crippen LogP contribution is -2.64. The SMILES string of the molecule is C1=CCCC(C2NC(C3=CC4C=CC=CC4C=C3)NC(c3ccc4c(c3-n3c5ccc(Nc6ccc7c(c6C6C=CC=CC6)C=CCC7)cc5c5cc6ccccc6cc53)C=CCC4)N2)=C1. The van der Waals surface area contributed by atoms with Gasteiger partial charge in [0.05, 0.1) is 35.2 Å². The summed E-state index contributed by atoms with van der Waals surface area (Å²) in [7, 11) is 0. The van der Waals surface area contributed by atoms with Crippen LogP contribution < -0.4 is 21.3 Å². The van der Waals surface area contributed by atoms with Gasteiger partial charge in [0.15, 0.2) is 0 Å². The summed E-state index contributed by atoms with van der Waals surface area (Å²) in [4.78, 5) is 0. The summed E-state index contributed by atoms with van der Waals surface area (Å²) in [5.74, 6) is 1.09. The molecule has 7 aliphatic rings. The maximum atomic E-state index is 4.14. The Morgan fingerprint density at radius 2 is 1.32 bits per heavy atom. The molecule has 5 heteroatoms. The van der Waals surface area contributed by atoms with Gasteiger partial charge in [-0.05, 0) is 126 Å². The summed E-state index contributed by atoms with van der Waals surface area (Å²) in [6.07, 6.45) is 48.8. The van der Waals surface area contributed by atoms with Crippen molar-refractivity contribution in [1.82, 2.24) is 20.5 Å². The first-order chi connectivity index (χ1) is 32.7. The average molecular weight is 858 g/mol. The van der Waals surface area contributed by atoms with Crippen LogP contribution in [0.25, 0.3) is 50.4 Å². The number of anilines is 2. The van der Waals surface area contributed by atoms with Gasteiger partial charge in [0, 0.05) is 51.0 Å². The summed E-state index contributed by atoms with van der Waals surface area (Å²) < 4.78 is 2.60. The van der Waals surface area contributed by atoms with E-state index < -0.39 is 0 Å². The largest absolute Gasteiger partial charge is 0.355 e. The molecule has 5 nitrogen and oxygen atoms in total. The van der Waals surface area contributed by atoms with E-state index in [0.29, 0.717) is 17.8 Å². The zero-order chi connectivity index (χ0) is 43.6. The van der Waals surface area contributed by atoms with Crippen molar-refractivity contribution in [3.05, 3.63) is 221 Å². The van der Waals surface area contributed by atoms with Gasteiger partial charge in [0.1, 0.15) is 0 Å². The Labute approximate surface area is 387 Å². The molecule has 0 saturated carbocycles. The van der Waals surface area contributed by atoms with Crippen molar-refractivity contribution >= 4 is 56.1 Å². The maximum absolute atomic E-state index is 4.14. The lowest BCUT2D eigenvalue weighted by molar-refractivity contribution is 0.239. The molecule has 6 atom stereocenters. The molecule has 66 heavy (non-hydrogen) atoms. The smallest absolute Gasteiger partial charge is 0.0885 e. The molecular formula is C61H55N5. The Kier molecular flexibility index (Phi) is 9.95. The van der Waals surface area contributed by atoms with E-state index >= 15 is 0 Å². The van der Waals surface area contributed by atoms with Gasteiger partial charge in [-0.15, -0.1) is 0 Å². The first kappa shape index (κ1) is 39.6. The van der Waals surface area contributed by atoms with Gasteiger partial charge < -0.3 is 9.88 Å². The molecule has 1 fully saturated rings. The second-order valence-electron chi connectivity index (χ2n) is 19.1. The molecule has 0 bridgehead atoms. The molecule has 4 N–H and O–H groups in total. The molecule has 6 aromatic rings. The second kappa shape index (κ2) is 16.6. The number of hydrogen-bond donors (Lipinski definition) is 4. The van der Waals surface area contributed by atoms with Crippen LogP contribution in [0.4, 0.5) is 11.4 Å². The van der Waals surface area contributed by atoms with E-state index in [9.17, 15) is 0 Å². The van der Waals surface area contributed by atoms with Crippen molar-refractivity contribution < 1.29 is 0 Å². The van der Waals surface area contributed by atoms with Crippen molar-refractivity contribution in [3.8, 4) is 5.69 Å². The highest BCUT2D eigenvalue weighted by atomic mass is 15.4. The number of nitrogens with zero attached hydrogens (tertiary/aromatic N) is 1. The van der Waals surface area contributed by atoms with Crippen LogP contribution in [0.3, 0.4) is 0 Å². The summed E-state index contributed by atoms with van der Waals surface area (Å²) in [6.45, 7) is 0. The van der Waals surface area contributed by atoms with Crippen LogP contribution in [0.5, 0.6) is 0 Å². The molecule has 0 radical (unpaired) electrons. The third kappa shape index (κ3) is 6.96. The minimum atomic E-state index is -0.147. The molecule has 6 aliphatic carbocycles. The number of aryl methyl sites for hydroxylation is 2. The van der Waals surface area contributed by atoms with Gasteiger partial charge in [0.2, 0.25) is 0 Å². The van der Waals surface area contributed by atoms with E-state index in [1.807, 2.05) is 0 Å². The number of benzene rings is 5. The van der Waals surface area contributed by atoms with Gasteiger partial charge in [-0.3, -0.25) is 16.0 Å². The summed E-state index contributed by atoms with van der Waals surface area (Å²) in [5, 5.41) is 21.3. The summed E-state index contributed by atoms with van der Waals surface area (Å²) in [6, 6.07) is 30.3. The summed E-state index contributed by atoms with van der Waals surface area (Å²) >= 11 is 0. The highest BCUT2D eigenvalue weighted by Gasteiger charge is 2.35. The first-order valence-electron chi connectivity index (χ1n) is 24.3. The van der Waals surface area contributed by atoms with Crippen molar-refractivity contribution in [3.63, 3.8) is 0 Å². The molecular weight excluding hydrogens is 803 g/mol. The topological polar surface area (TPSA) is 53.0 Å². The first-order valence-corrected chi connectivity index (χ1v) is 24.3. The van der Waals surface area contributed by atoms with Crippen LogP contribution in [0, 0.1) is 11.8 Å². The maximum Gasteiger partial charge on any atom is 0.0885 e. The van der Waals surface area contributed by atoms with E-state index in [1.165, 1.54) is 88.5 Å². The molecule has 1 aromatic heterocycles. The molecule has 13 rings (SSSR count). The van der Waals surface area contributed by atoms with Crippen molar-refractivity contribution in [2.75, 3.05) is 5.32 Å². The van der Waals surface area contributed by atoms with Crippen LogP contribution in [0.2, 0.25) is 0 Å². The molecule has 6 unspecified atom stereocenters. The van der Waals surface area contributed by atoms with Crippen molar-refractivity contribution in [2.24, 2.45) is 11.8 Å². The Morgan fingerprint density at radius 1 is 0.561 bits per heavy atom. The van der Waals surface area contributed by atoms with Gasteiger partial charge >= 0.3 is 0 Å². The normalized spacial score (nSPS) is 25.0. The fourth-order valence-electron chi connectivity index (χ4n) is 11.8. The third-order valence-corrected chi connectivity index (χ3v) is 15.1. The molecule has 1 saturated heterocycles. The monoisotopic (exact) mass is 857 g/mol. The Hall–Kier alpha value is -6.76. The lowest BCUT2D eigenvalue weighted by Gasteiger charge is -2.42. The second-order valence-corrected chi connectivity index (χ2v) is 19.1. The zero-order valence-corrected chi connectivity index (χ0v) is 37.3. The van der Waals surface area contributed by atoms with Gasteiger partial charge in [-0.2, -0.15) is 0 Å². The number of fused-ring (bicyclic) bond motifs is 7. The van der Waals surface area contributed by atoms with Gasteiger partial charge in [-0.25, -0.2) is 0 Å². The quantitative estimate of drug-likeness (QED) is 0.129. The van der Waals surface area contributed by atoms with Crippen LogP contribution >= 0.6 is 0 Å². The van der Waals surface area contributed by atoms with Crippen LogP contribution in [-0.4, -0.2) is 16.9 Å². The lowest BCUT2D eigenvalue weighted by atomic mass is 9.82. The molecule has 324 valence electrons. The van der Waals surface area contributed by atoms with E-state index in [-0.39, 0.29) is 18.5 Å². The number of nitrogens with one attached hydrogen (secondary N) is 4. The standard InChI is InChI=1S/C61H55N5/c1-3-18-42(19-4-1)57-49-25-13-11-16-40(49)30-33-54(57)62-48-31-34-55-53(38-48)52-36-45-23-9-10-24-46(45)37-56(52)66(55)58-50-26-14-12-17-41(50)29-32-51(58)61-64-59(43-20-5-2-6-21-43)63-60(65-61)47-28-27-39-15-7-8-22-44(39)35-47/h1-5,7-10,13-15,18,20,22-39,42,44,59-65H,6,11-12,16-17,19,21H2. The molecule has 5 aromatic carbocycles. The Morgan fingerprint density at radius 3 is 2.17 bits per heavy atom. The number of rotatable bonds is 7. The fourth-order valence-corrected chi connectivity index (χ4v) is 11.8. The van der Waals surface area contributed by atoms with Crippen molar-refractivity contribution in [1.29, 1.82) is 0 Å². The van der Waals surface area contributed by atoms with Crippen LogP contribution in [-0.2, 0) is 12.8 Å². The average Bonchev–Trinajstić information content (AvgIpc) is 3.69. The van der Waals surface area contributed by atoms with Gasteiger partial charge in [0.25, 0.3) is 0 Å². The zero-order valence-electron chi connectivity index (χ0n) is 37.3. The van der Waals surface area contributed by atoms with E-state index in [1.54, 1.807) is 0 Å². The number of aromatic nitrogens is 1. The molecule has 2 heterocycles. The predicted octanol–water partition coefficient (Wildman–Crippen LogP) is 13.8. The van der Waals surface area contributed by atoms with Crippen molar-refractivity contribution in [2.45, 2.75) is 69.4 Å². The predicted molar refractivity (Wildman–Crippen MR) is 277 cm³/mol. The van der Waals surface area contributed by atoms with E-state index in [2.05, 4.69) is 214 Å². The van der Waals surface area contributed by atoms with E-state index in [4.69, 9.17) is 0 Å². The Balaban J connectivity index is 0.982. The van der Waals surface area contributed by atoms with Crippen LogP contribution in [0.1, 0.15) is 77.6 Å². The highest BCUT2D eigenvalue weighted by molar-refractivity contribution is 6.14. The molecule has 0 spiro atoms. The van der Waals surface area contributed by atoms with Gasteiger partial charge in [-0.1, -0.05) is 152 Å². The van der Waals surface area contributed by atoms with Crippen LogP contribution in [0.15, 0.2) is 187 Å². The van der Waals surface area contributed by atoms with E-state index in [0.717, 1.165) is 50.6 Å².